The molecule has 24 heavy (non-hydrogen) atoms. The number of benzene rings is 1. The van der Waals surface area contributed by atoms with Crippen molar-refractivity contribution in [1.82, 2.24) is 14.7 Å². The number of hydrogen-bond acceptors (Lipinski definition) is 2. The molecule has 0 spiro atoms. The molecule has 1 saturated heterocycles. The second-order valence-corrected chi connectivity index (χ2v) is 6.37. The number of carbonyl (C=O) groups is 1. The quantitative estimate of drug-likeness (QED) is 0.862. The van der Waals surface area contributed by atoms with Crippen molar-refractivity contribution in [2.45, 2.75) is 25.7 Å². The summed E-state index contributed by atoms with van der Waals surface area (Å²) < 4.78 is 28.3. The van der Waals surface area contributed by atoms with Crippen LogP contribution in [0.1, 0.15) is 35.3 Å². The monoisotopic (exact) mass is 333 g/mol. The van der Waals surface area contributed by atoms with Gasteiger partial charge in [-0.1, -0.05) is 6.07 Å². The molecule has 1 aliphatic rings. The van der Waals surface area contributed by atoms with Crippen molar-refractivity contribution in [1.29, 1.82) is 0 Å². The molecule has 6 heteroatoms. The standard InChI is InChI=1S/C18H21F2N3O/c1-22-17(8-9-21-22)18(24)23-10-2-3-13(12-23)4-5-14-6-7-15(19)11-16(14)20/h6-9,11,13H,2-5,10,12H2,1H3. The van der Waals surface area contributed by atoms with E-state index < -0.39 is 11.6 Å². The first kappa shape index (κ1) is 16.6. The van der Waals surface area contributed by atoms with E-state index in [1.807, 2.05) is 4.90 Å². The van der Waals surface area contributed by atoms with Crippen LogP contribution < -0.4 is 0 Å². The molecule has 128 valence electrons. The number of piperidine rings is 1. The van der Waals surface area contributed by atoms with Crippen LogP contribution in [0, 0.1) is 17.6 Å². The normalized spacial score (nSPS) is 18.0. The second-order valence-electron chi connectivity index (χ2n) is 6.37. The SMILES string of the molecule is Cn1nccc1C(=O)N1CCCC(CCc2ccc(F)cc2F)C1. The maximum Gasteiger partial charge on any atom is 0.272 e. The average Bonchev–Trinajstić information content (AvgIpc) is 3.00. The predicted octanol–water partition coefficient (Wildman–Crippen LogP) is 3.18. The van der Waals surface area contributed by atoms with Gasteiger partial charge in [-0.15, -0.1) is 0 Å². The smallest absolute Gasteiger partial charge is 0.272 e. The summed E-state index contributed by atoms with van der Waals surface area (Å²) in [7, 11) is 1.76. The first-order valence-corrected chi connectivity index (χ1v) is 8.26. The highest BCUT2D eigenvalue weighted by molar-refractivity contribution is 5.92. The van der Waals surface area contributed by atoms with E-state index in [1.165, 1.54) is 12.1 Å². The Kier molecular flexibility index (Phi) is 4.92. The second kappa shape index (κ2) is 7.11. The molecule has 3 rings (SSSR count). The van der Waals surface area contributed by atoms with Gasteiger partial charge in [-0.2, -0.15) is 5.10 Å². The number of rotatable bonds is 4. The maximum atomic E-state index is 13.7. The van der Waals surface area contributed by atoms with Crippen molar-refractivity contribution in [3.63, 3.8) is 0 Å². The summed E-state index contributed by atoms with van der Waals surface area (Å²) in [6, 6.07) is 5.44. The largest absolute Gasteiger partial charge is 0.337 e. The van der Waals surface area contributed by atoms with E-state index in [0.29, 0.717) is 30.1 Å². The van der Waals surface area contributed by atoms with Gasteiger partial charge in [0, 0.05) is 32.4 Å². The fraction of sp³-hybridized carbons (Fsp3) is 0.444. The molecule has 2 heterocycles. The fourth-order valence-corrected chi connectivity index (χ4v) is 3.31. The van der Waals surface area contributed by atoms with Crippen molar-refractivity contribution in [3.05, 3.63) is 53.4 Å². The molecule has 1 fully saturated rings. The number of carbonyl (C=O) groups excluding carboxylic acids is 1. The fourth-order valence-electron chi connectivity index (χ4n) is 3.31. The van der Waals surface area contributed by atoms with Crippen LogP contribution in [-0.2, 0) is 13.5 Å². The van der Waals surface area contributed by atoms with Crippen LogP contribution in [0.5, 0.6) is 0 Å². The first-order chi connectivity index (χ1) is 11.5. The maximum absolute atomic E-state index is 13.7. The molecule has 4 nitrogen and oxygen atoms in total. The molecule has 1 aliphatic heterocycles. The average molecular weight is 333 g/mol. The topological polar surface area (TPSA) is 38.1 Å². The lowest BCUT2D eigenvalue weighted by molar-refractivity contribution is 0.0657. The van der Waals surface area contributed by atoms with E-state index >= 15 is 0 Å². The summed E-state index contributed by atoms with van der Waals surface area (Å²) in [5.74, 6) is -0.719. The van der Waals surface area contributed by atoms with E-state index in [9.17, 15) is 13.6 Å². The Morgan fingerprint density at radius 3 is 2.88 bits per heavy atom. The van der Waals surface area contributed by atoms with Crippen LogP contribution in [0.2, 0.25) is 0 Å². The number of aromatic nitrogens is 2. The highest BCUT2D eigenvalue weighted by Crippen LogP contribution is 2.23. The number of amides is 1. The van der Waals surface area contributed by atoms with Crippen LogP contribution >= 0.6 is 0 Å². The number of likely N-dealkylation sites (tertiary alicyclic amines) is 1. The van der Waals surface area contributed by atoms with Crippen LogP contribution in [0.15, 0.2) is 30.5 Å². The minimum Gasteiger partial charge on any atom is -0.337 e. The van der Waals surface area contributed by atoms with Gasteiger partial charge in [0.1, 0.15) is 17.3 Å². The van der Waals surface area contributed by atoms with E-state index in [1.54, 1.807) is 24.0 Å². The molecule has 0 saturated carbocycles. The van der Waals surface area contributed by atoms with Crippen molar-refractivity contribution >= 4 is 5.91 Å². The lowest BCUT2D eigenvalue weighted by Gasteiger charge is -2.32. The van der Waals surface area contributed by atoms with Gasteiger partial charge in [0.05, 0.1) is 0 Å². The third-order valence-electron chi connectivity index (χ3n) is 4.68. The third kappa shape index (κ3) is 3.63. The molecule has 1 amide bonds. The summed E-state index contributed by atoms with van der Waals surface area (Å²) >= 11 is 0. The van der Waals surface area contributed by atoms with Gasteiger partial charge in [-0.25, -0.2) is 8.78 Å². The van der Waals surface area contributed by atoms with Gasteiger partial charge in [-0.3, -0.25) is 9.48 Å². The van der Waals surface area contributed by atoms with E-state index in [0.717, 1.165) is 31.9 Å². The Bertz CT molecular complexity index is 729. The van der Waals surface area contributed by atoms with Crippen molar-refractivity contribution in [2.75, 3.05) is 13.1 Å². The van der Waals surface area contributed by atoms with Crippen molar-refractivity contribution in [2.24, 2.45) is 13.0 Å². The summed E-state index contributed by atoms with van der Waals surface area (Å²) in [5.41, 5.74) is 1.12. The Balaban J connectivity index is 1.59. The van der Waals surface area contributed by atoms with Gasteiger partial charge >= 0.3 is 0 Å². The third-order valence-corrected chi connectivity index (χ3v) is 4.68. The number of aryl methyl sites for hydroxylation is 2. The van der Waals surface area contributed by atoms with Gasteiger partial charge in [-0.05, 0) is 49.3 Å². The zero-order chi connectivity index (χ0) is 17.1. The molecular formula is C18H21F2N3O. The van der Waals surface area contributed by atoms with E-state index in [4.69, 9.17) is 0 Å². The van der Waals surface area contributed by atoms with E-state index in [2.05, 4.69) is 5.10 Å². The highest BCUT2D eigenvalue weighted by atomic mass is 19.1. The minimum atomic E-state index is -0.554. The molecule has 1 aromatic carbocycles. The van der Waals surface area contributed by atoms with Crippen molar-refractivity contribution in [3.8, 4) is 0 Å². The highest BCUT2D eigenvalue weighted by Gasteiger charge is 2.25. The lowest BCUT2D eigenvalue weighted by atomic mass is 9.91. The zero-order valence-corrected chi connectivity index (χ0v) is 13.7. The zero-order valence-electron chi connectivity index (χ0n) is 13.7. The molecule has 0 aliphatic carbocycles. The predicted molar refractivity (Wildman–Crippen MR) is 86.5 cm³/mol. The summed E-state index contributed by atoms with van der Waals surface area (Å²) in [4.78, 5) is 14.4. The number of halogens is 2. The van der Waals surface area contributed by atoms with Crippen LogP contribution in [0.4, 0.5) is 8.78 Å². The number of hydrogen-bond donors (Lipinski definition) is 0. The molecule has 0 radical (unpaired) electrons. The van der Waals surface area contributed by atoms with Gasteiger partial charge in [0.25, 0.3) is 5.91 Å². The first-order valence-electron chi connectivity index (χ1n) is 8.26. The molecule has 1 unspecified atom stereocenters. The Labute approximate surface area is 140 Å². The Morgan fingerprint density at radius 2 is 2.17 bits per heavy atom. The Morgan fingerprint density at radius 1 is 1.33 bits per heavy atom. The molecule has 0 N–H and O–H groups in total. The van der Waals surface area contributed by atoms with Gasteiger partial charge in [0.2, 0.25) is 0 Å². The molecule has 0 bridgehead atoms. The summed E-state index contributed by atoms with van der Waals surface area (Å²) in [6.45, 7) is 1.41. The molecule has 1 aromatic heterocycles. The molecular weight excluding hydrogens is 312 g/mol. The van der Waals surface area contributed by atoms with E-state index in [-0.39, 0.29) is 5.91 Å². The van der Waals surface area contributed by atoms with Crippen LogP contribution in [0.3, 0.4) is 0 Å². The lowest BCUT2D eigenvalue weighted by Crippen LogP contribution is -2.40. The summed E-state index contributed by atoms with van der Waals surface area (Å²) in [6.07, 6.45) is 4.94. The van der Waals surface area contributed by atoms with Crippen molar-refractivity contribution < 1.29 is 13.6 Å². The van der Waals surface area contributed by atoms with Gasteiger partial charge < -0.3 is 4.90 Å². The molecule has 2 aromatic rings. The minimum absolute atomic E-state index is 0.00679. The van der Waals surface area contributed by atoms with Gasteiger partial charge in [0.15, 0.2) is 0 Å². The Hall–Kier alpha value is -2.24. The summed E-state index contributed by atoms with van der Waals surface area (Å²) in [5, 5.41) is 4.04. The van der Waals surface area contributed by atoms with Crippen LogP contribution in [0.25, 0.3) is 0 Å². The molecule has 1 atom stereocenters. The number of nitrogens with zero attached hydrogens (tertiary/aromatic N) is 3. The van der Waals surface area contributed by atoms with Crippen LogP contribution in [-0.4, -0.2) is 33.7 Å².